The number of nitrogens with zero attached hydrogens (tertiary/aromatic N) is 2. The second kappa shape index (κ2) is 6.19. The number of rotatable bonds is 4. The summed E-state index contributed by atoms with van der Waals surface area (Å²) >= 11 is 0. The third-order valence-electron chi connectivity index (χ3n) is 3.90. The van der Waals surface area contributed by atoms with E-state index in [0.29, 0.717) is 22.8 Å². The van der Waals surface area contributed by atoms with Crippen LogP contribution >= 0.6 is 0 Å². The van der Waals surface area contributed by atoms with E-state index in [1.807, 2.05) is 6.07 Å². The lowest BCUT2D eigenvalue weighted by Crippen LogP contribution is -2.22. The molecule has 7 heteroatoms. The van der Waals surface area contributed by atoms with Gasteiger partial charge in [0.2, 0.25) is 11.9 Å². The van der Waals surface area contributed by atoms with Gasteiger partial charge < -0.3 is 13.7 Å². The maximum Gasteiger partial charge on any atom is 0.340 e. The average Bonchev–Trinajstić information content (AvgIpc) is 2.95. The summed E-state index contributed by atoms with van der Waals surface area (Å²) in [6, 6.07) is 5.25. The highest BCUT2D eigenvalue weighted by Crippen LogP contribution is 2.24. The number of ether oxygens (including phenoxy) is 1. The fourth-order valence-corrected chi connectivity index (χ4v) is 2.52. The largest absolute Gasteiger partial charge is 0.497 e. The highest BCUT2D eigenvalue weighted by atomic mass is 16.5. The number of methoxy groups -OCH3 is 1. The number of imidazole rings is 1. The fraction of sp³-hybridized carbons (Fsp3) is 0.235. The number of nitrogens with one attached hydrogen (secondary N) is 1. The van der Waals surface area contributed by atoms with E-state index in [2.05, 4.69) is 10.3 Å². The maximum atomic E-state index is 12.3. The molecule has 0 unspecified atom stereocenters. The van der Waals surface area contributed by atoms with Gasteiger partial charge in [-0.05, 0) is 24.6 Å². The van der Waals surface area contributed by atoms with Crippen LogP contribution in [0.3, 0.4) is 0 Å². The van der Waals surface area contributed by atoms with Crippen molar-refractivity contribution in [1.82, 2.24) is 9.55 Å². The summed E-state index contributed by atoms with van der Waals surface area (Å²) in [7, 11) is 3.31. The van der Waals surface area contributed by atoms with Crippen LogP contribution in [0, 0.1) is 6.92 Å². The van der Waals surface area contributed by atoms with Crippen molar-refractivity contribution in [2.45, 2.75) is 13.3 Å². The number of amides is 1. The zero-order valence-corrected chi connectivity index (χ0v) is 13.6. The van der Waals surface area contributed by atoms with E-state index in [1.54, 1.807) is 50.2 Å². The van der Waals surface area contributed by atoms with E-state index in [0.717, 1.165) is 10.9 Å². The van der Waals surface area contributed by atoms with Gasteiger partial charge in [0, 0.05) is 30.9 Å². The van der Waals surface area contributed by atoms with Gasteiger partial charge >= 0.3 is 5.63 Å². The molecule has 0 radical (unpaired) electrons. The normalized spacial score (nSPS) is 10.8. The molecule has 0 aliphatic rings. The van der Waals surface area contributed by atoms with E-state index in [9.17, 15) is 9.59 Å². The molecule has 124 valence electrons. The Balaban J connectivity index is 1.93. The van der Waals surface area contributed by atoms with Gasteiger partial charge in [0.15, 0.2) is 0 Å². The number of hydrogen-bond acceptors (Lipinski definition) is 5. The fourth-order valence-electron chi connectivity index (χ4n) is 2.52. The van der Waals surface area contributed by atoms with Gasteiger partial charge in [-0.25, -0.2) is 9.78 Å². The Bertz CT molecular complexity index is 972. The molecular formula is C17H17N3O4. The Hall–Kier alpha value is -3.09. The number of hydrogen-bond donors (Lipinski definition) is 1. The van der Waals surface area contributed by atoms with Gasteiger partial charge in [0.25, 0.3) is 0 Å². The molecule has 1 aromatic carbocycles. The quantitative estimate of drug-likeness (QED) is 0.741. The van der Waals surface area contributed by atoms with Crippen LogP contribution in [0.25, 0.3) is 11.0 Å². The molecule has 0 atom stereocenters. The van der Waals surface area contributed by atoms with Crippen molar-refractivity contribution < 1.29 is 13.9 Å². The molecule has 2 aromatic heterocycles. The highest BCUT2D eigenvalue weighted by Gasteiger charge is 2.16. The zero-order valence-electron chi connectivity index (χ0n) is 13.6. The topological polar surface area (TPSA) is 86.4 Å². The van der Waals surface area contributed by atoms with Gasteiger partial charge in [-0.15, -0.1) is 0 Å². The monoisotopic (exact) mass is 327 g/mol. The minimum Gasteiger partial charge on any atom is -0.497 e. The van der Waals surface area contributed by atoms with Crippen LogP contribution in [0.1, 0.15) is 11.1 Å². The third-order valence-corrected chi connectivity index (χ3v) is 3.90. The molecule has 2 heterocycles. The van der Waals surface area contributed by atoms with Crippen LogP contribution < -0.4 is 15.7 Å². The summed E-state index contributed by atoms with van der Waals surface area (Å²) < 4.78 is 12.2. The number of carbonyl (C=O) groups is 1. The second-order valence-corrected chi connectivity index (χ2v) is 5.44. The van der Waals surface area contributed by atoms with E-state index in [-0.39, 0.29) is 12.3 Å². The van der Waals surface area contributed by atoms with E-state index < -0.39 is 5.63 Å². The summed E-state index contributed by atoms with van der Waals surface area (Å²) in [5.74, 6) is 0.699. The van der Waals surface area contributed by atoms with Gasteiger partial charge in [-0.2, -0.15) is 0 Å². The van der Waals surface area contributed by atoms with E-state index in [4.69, 9.17) is 9.15 Å². The van der Waals surface area contributed by atoms with Gasteiger partial charge in [0.1, 0.15) is 11.3 Å². The first kappa shape index (κ1) is 15.8. The summed E-state index contributed by atoms with van der Waals surface area (Å²) in [6.07, 6.45) is 3.22. The Morgan fingerprint density at radius 2 is 2.21 bits per heavy atom. The standard InChI is InChI=1S/C17H17N3O4/c1-10-12-5-4-11(23-3)8-14(12)24-16(22)13(10)9-15(21)19-17-18-6-7-20(17)2/h4-8H,9H2,1-3H3,(H,18,19,21). The van der Waals surface area contributed by atoms with E-state index in [1.165, 1.54) is 0 Å². The zero-order chi connectivity index (χ0) is 17.3. The first-order valence-electron chi connectivity index (χ1n) is 7.37. The van der Waals surface area contributed by atoms with Crippen LogP contribution in [0.5, 0.6) is 5.75 Å². The van der Waals surface area contributed by atoms with Crippen molar-refractivity contribution in [3.8, 4) is 5.75 Å². The first-order chi connectivity index (χ1) is 11.5. The molecule has 1 N–H and O–H groups in total. The predicted molar refractivity (Wildman–Crippen MR) is 89.3 cm³/mol. The molecule has 3 aromatic rings. The van der Waals surface area contributed by atoms with Crippen LogP contribution in [0.15, 0.2) is 39.8 Å². The molecule has 3 rings (SSSR count). The maximum absolute atomic E-state index is 12.3. The number of aryl methyl sites for hydroxylation is 2. The average molecular weight is 327 g/mol. The van der Waals surface area contributed by atoms with Crippen LogP contribution in [-0.2, 0) is 18.3 Å². The SMILES string of the molecule is COc1ccc2c(C)c(CC(=O)Nc3nccn3C)c(=O)oc2c1. The minimum atomic E-state index is -0.525. The lowest BCUT2D eigenvalue weighted by atomic mass is 10.0. The van der Waals surface area contributed by atoms with Crippen molar-refractivity contribution in [3.63, 3.8) is 0 Å². The van der Waals surface area contributed by atoms with Crippen molar-refractivity contribution in [3.05, 3.63) is 52.1 Å². The summed E-state index contributed by atoms with van der Waals surface area (Å²) in [5.41, 5.74) is 0.964. The van der Waals surface area contributed by atoms with E-state index >= 15 is 0 Å². The number of aromatic nitrogens is 2. The lowest BCUT2D eigenvalue weighted by Gasteiger charge is -2.09. The molecule has 0 saturated heterocycles. The molecule has 24 heavy (non-hydrogen) atoms. The van der Waals surface area contributed by atoms with Crippen molar-refractivity contribution in [2.24, 2.45) is 7.05 Å². The van der Waals surface area contributed by atoms with Gasteiger partial charge in [-0.1, -0.05) is 0 Å². The Morgan fingerprint density at radius 1 is 1.42 bits per heavy atom. The molecule has 0 spiro atoms. The van der Waals surface area contributed by atoms with Gasteiger partial charge in [-0.3, -0.25) is 10.1 Å². The summed E-state index contributed by atoms with van der Waals surface area (Å²) in [5, 5.41) is 3.45. The van der Waals surface area contributed by atoms with Crippen molar-refractivity contribution in [1.29, 1.82) is 0 Å². The Kier molecular flexibility index (Phi) is 4.07. The molecule has 0 aliphatic carbocycles. The van der Waals surface area contributed by atoms with Crippen LogP contribution in [0.2, 0.25) is 0 Å². The number of fused-ring (bicyclic) bond motifs is 1. The molecule has 0 aliphatic heterocycles. The highest BCUT2D eigenvalue weighted by molar-refractivity contribution is 5.92. The molecule has 1 amide bonds. The third kappa shape index (κ3) is 2.88. The second-order valence-electron chi connectivity index (χ2n) is 5.44. The minimum absolute atomic E-state index is 0.0804. The summed E-state index contributed by atoms with van der Waals surface area (Å²) in [6.45, 7) is 1.80. The van der Waals surface area contributed by atoms with Gasteiger partial charge in [0.05, 0.1) is 19.1 Å². The molecule has 0 fully saturated rings. The smallest absolute Gasteiger partial charge is 0.340 e. The first-order valence-corrected chi connectivity index (χ1v) is 7.37. The van der Waals surface area contributed by atoms with Crippen LogP contribution in [0.4, 0.5) is 5.95 Å². The number of benzene rings is 1. The Labute approximate surface area is 137 Å². The molecule has 7 nitrogen and oxygen atoms in total. The predicted octanol–water partition coefficient (Wildman–Crippen LogP) is 2.02. The Morgan fingerprint density at radius 3 is 2.88 bits per heavy atom. The number of carbonyl (C=O) groups excluding carboxylic acids is 1. The molecule has 0 bridgehead atoms. The van der Waals surface area contributed by atoms with Crippen molar-refractivity contribution in [2.75, 3.05) is 12.4 Å². The summed E-state index contributed by atoms with van der Waals surface area (Å²) in [4.78, 5) is 28.5. The lowest BCUT2D eigenvalue weighted by molar-refractivity contribution is -0.115. The van der Waals surface area contributed by atoms with Crippen molar-refractivity contribution >= 4 is 22.8 Å². The number of anilines is 1. The molecular weight excluding hydrogens is 310 g/mol. The molecule has 0 saturated carbocycles. The van der Waals surface area contributed by atoms with Crippen LogP contribution in [-0.4, -0.2) is 22.6 Å².